The lowest BCUT2D eigenvalue weighted by molar-refractivity contribution is 0.113. The van der Waals surface area contributed by atoms with Crippen molar-refractivity contribution in [2.75, 3.05) is 19.7 Å². The van der Waals surface area contributed by atoms with Crippen molar-refractivity contribution in [3.63, 3.8) is 0 Å². The molecule has 0 unspecified atom stereocenters. The van der Waals surface area contributed by atoms with E-state index in [-0.39, 0.29) is 12.0 Å². The number of aliphatic hydroxyl groups is 1. The highest BCUT2D eigenvalue weighted by atomic mass is 16.5. The Morgan fingerprint density at radius 3 is 2.69 bits per heavy atom. The number of hydrogen-bond acceptors (Lipinski definition) is 5. The van der Waals surface area contributed by atoms with Crippen molar-refractivity contribution in [2.24, 2.45) is 5.41 Å². The lowest BCUT2D eigenvalue weighted by Crippen LogP contribution is -2.37. The van der Waals surface area contributed by atoms with E-state index in [1.54, 1.807) is 0 Å². The summed E-state index contributed by atoms with van der Waals surface area (Å²) in [6.45, 7) is 6.09. The van der Waals surface area contributed by atoms with Crippen LogP contribution in [0.3, 0.4) is 0 Å². The van der Waals surface area contributed by atoms with E-state index in [0.717, 1.165) is 38.2 Å². The minimum atomic E-state index is 0.0112. The Hall–Kier alpha value is -0.940. The van der Waals surface area contributed by atoms with Crippen molar-refractivity contribution >= 4 is 0 Å². The van der Waals surface area contributed by atoms with Gasteiger partial charge >= 0.3 is 0 Å². The van der Waals surface area contributed by atoms with Crippen LogP contribution in [0, 0.1) is 5.41 Å². The molecule has 92 valence electrons. The maximum atomic E-state index is 9.38. The van der Waals surface area contributed by atoms with Crippen LogP contribution in [0.15, 0.2) is 10.9 Å². The molecule has 1 rings (SSSR count). The summed E-state index contributed by atoms with van der Waals surface area (Å²) in [5.41, 5.74) is 0.0112. The fourth-order valence-corrected chi connectivity index (χ4v) is 1.64. The third-order valence-electron chi connectivity index (χ3n) is 3.27. The van der Waals surface area contributed by atoms with Crippen molar-refractivity contribution in [1.29, 1.82) is 0 Å². The molecule has 5 nitrogen and oxygen atoms in total. The van der Waals surface area contributed by atoms with E-state index >= 15 is 0 Å². The van der Waals surface area contributed by atoms with Gasteiger partial charge in [0.05, 0.1) is 0 Å². The molecule has 0 aliphatic carbocycles. The molecular formula is C11H21N3O2. The summed E-state index contributed by atoms with van der Waals surface area (Å²) in [6.07, 6.45) is 4.06. The number of aliphatic hydroxyl groups excluding tert-OH is 1. The molecule has 0 fully saturated rings. The quantitative estimate of drug-likeness (QED) is 0.648. The fraction of sp³-hybridized carbons (Fsp3) is 0.818. The molecule has 0 radical (unpaired) electrons. The summed E-state index contributed by atoms with van der Waals surface area (Å²) >= 11 is 0. The van der Waals surface area contributed by atoms with E-state index in [1.165, 1.54) is 6.39 Å². The molecule has 0 bridgehead atoms. The lowest BCUT2D eigenvalue weighted by atomic mass is 9.83. The largest absolute Gasteiger partial charge is 0.396 e. The minimum absolute atomic E-state index is 0.0112. The molecule has 5 heteroatoms. The van der Waals surface area contributed by atoms with Crippen LogP contribution in [0.4, 0.5) is 0 Å². The highest BCUT2D eigenvalue weighted by molar-refractivity contribution is 4.81. The van der Waals surface area contributed by atoms with Gasteiger partial charge in [0.1, 0.15) is 0 Å². The van der Waals surface area contributed by atoms with Crippen LogP contribution in [0.25, 0.3) is 0 Å². The van der Waals surface area contributed by atoms with E-state index in [2.05, 4.69) is 33.8 Å². The SMILES string of the molecule is CCC(CC)(CO)CNCCc1ncon1. The first-order valence-corrected chi connectivity index (χ1v) is 5.83. The number of hydrogen-bond donors (Lipinski definition) is 2. The predicted octanol–water partition coefficient (Wildman–Crippen LogP) is 1.00. The average Bonchev–Trinajstić information content (AvgIpc) is 2.83. The van der Waals surface area contributed by atoms with Crippen LogP contribution in [0.5, 0.6) is 0 Å². The van der Waals surface area contributed by atoms with Crippen LogP contribution in [0.1, 0.15) is 32.5 Å². The Balaban J connectivity index is 2.23. The van der Waals surface area contributed by atoms with Gasteiger partial charge < -0.3 is 14.9 Å². The van der Waals surface area contributed by atoms with Gasteiger partial charge in [-0.15, -0.1) is 0 Å². The van der Waals surface area contributed by atoms with Crippen LogP contribution < -0.4 is 5.32 Å². The zero-order chi connectivity index (χ0) is 11.9. The lowest BCUT2D eigenvalue weighted by Gasteiger charge is -2.29. The molecule has 16 heavy (non-hydrogen) atoms. The van der Waals surface area contributed by atoms with Gasteiger partial charge in [-0.3, -0.25) is 0 Å². The highest BCUT2D eigenvalue weighted by Gasteiger charge is 2.24. The number of rotatable bonds is 8. The zero-order valence-corrected chi connectivity index (χ0v) is 10.1. The van der Waals surface area contributed by atoms with Gasteiger partial charge in [0.25, 0.3) is 0 Å². The molecule has 0 amide bonds. The van der Waals surface area contributed by atoms with Gasteiger partial charge in [-0.05, 0) is 12.8 Å². The predicted molar refractivity (Wildman–Crippen MR) is 61.0 cm³/mol. The number of aromatic nitrogens is 2. The monoisotopic (exact) mass is 227 g/mol. The topological polar surface area (TPSA) is 71.2 Å². The van der Waals surface area contributed by atoms with Crippen molar-refractivity contribution < 1.29 is 9.63 Å². The number of nitrogens with zero attached hydrogens (tertiary/aromatic N) is 2. The third-order valence-corrected chi connectivity index (χ3v) is 3.27. The smallest absolute Gasteiger partial charge is 0.213 e. The Morgan fingerprint density at radius 1 is 1.44 bits per heavy atom. The summed E-state index contributed by atoms with van der Waals surface area (Å²) in [7, 11) is 0. The van der Waals surface area contributed by atoms with Gasteiger partial charge in [-0.1, -0.05) is 19.0 Å². The second kappa shape index (κ2) is 6.60. The van der Waals surface area contributed by atoms with Gasteiger partial charge in [0.2, 0.25) is 6.39 Å². The third kappa shape index (κ3) is 3.57. The second-order valence-electron chi connectivity index (χ2n) is 4.14. The van der Waals surface area contributed by atoms with Gasteiger partial charge in [-0.2, -0.15) is 4.98 Å². The van der Waals surface area contributed by atoms with Crippen molar-refractivity contribution in [3.05, 3.63) is 12.2 Å². The molecule has 1 aromatic rings. The van der Waals surface area contributed by atoms with Crippen molar-refractivity contribution in [1.82, 2.24) is 15.5 Å². The maximum absolute atomic E-state index is 9.38. The van der Waals surface area contributed by atoms with Crippen LogP contribution in [-0.2, 0) is 6.42 Å². The summed E-state index contributed by atoms with van der Waals surface area (Å²) in [4.78, 5) is 3.94. The molecule has 0 spiro atoms. The molecule has 0 saturated carbocycles. The molecule has 0 saturated heterocycles. The Kier molecular flexibility index (Phi) is 5.42. The van der Waals surface area contributed by atoms with Crippen LogP contribution in [0.2, 0.25) is 0 Å². The fourth-order valence-electron chi connectivity index (χ4n) is 1.64. The first kappa shape index (κ1) is 13.1. The molecule has 0 aliphatic rings. The van der Waals surface area contributed by atoms with Gasteiger partial charge in [0, 0.05) is 31.5 Å². The Morgan fingerprint density at radius 2 is 2.19 bits per heavy atom. The highest BCUT2D eigenvalue weighted by Crippen LogP contribution is 2.24. The summed E-state index contributed by atoms with van der Waals surface area (Å²) in [5.74, 6) is 0.718. The summed E-state index contributed by atoms with van der Waals surface area (Å²) < 4.78 is 4.65. The summed E-state index contributed by atoms with van der Waals surface area (Å²) in [6, 6.07) is 0. The van der Waals surface area contributed by atoms with E-state index < -0.39 is 0 Å². The molecular weight excluding hydrogens is 206 g/mol. The van der Waals surface area contributed by atoms with Crippen LogP contribution in [-0.4, -0.2) is 34.9 Å². The second-order valence-corrected chi connectivity index (χ2v) is 4.14. The first-order chi connectivity index (χ1) is 7.76. The maximum Gasteiger partial charge on any atom is 0.213 e. The molecule has 0 aliphatic heterocycles. The van der Waals surface area contributed by atoms with E-state index in [0.29, 0.717) is 0 Å². The Bertz CT molecular complexity index is 263. The van der Waals surface area contributed by atoms with Gasteiger partial charge in [-0.25, -0.2) is 0 Å². The Labute approximate surface area is 96.2 Å². The summed E-state index contributed by atoms with van der Waals surface area (Å²) in [5, 5.41) is 16.5. The van der Waals surface area contributed by atoms with Crippen molar-refractivity contribution in [2.45, 2.75) is 33.1 Å². The molecule has 0 aromatic carbocycles. The molecule has 1 aromatic heterocycles. The minimum Gasteiger partial charge on any atom is -0.396 e. The normalized spacial score (nSPS) is 11.9. The van der Waals surface area contributed by atoms with E-state index in [1.807, 2.05) is 0 Å². The standard InChI is InChI=1S/C11H21N3O2/c1-3-11(4-2,8-15)7-12-6-5-10-13-9-16-14-10/h9,12,15H,3-8H2,1-2H3. The van der Waals surface area contributed by atoms with E-state index in [9.17, 15) is 5.11 Å². The first-order valence-electron chi connectivity index (χ1n) is 5.83. The van der Waals surface area contributed by atoms with Gasteiger partial charge in [0.15, 0.2) is 5.82 Å². The number of nitrogens with one attached hydrogen (secondary N) is 1. The van der Waals surface area contributed by atoms with Crippen LogP contribution >= 0.6 is 0 Å². The van der Waals surface area contributed by atoms with E-state index in [4.69, 9.17) is 0 Å². The molecule has 1 heterocycles. The average molecular weight is 227 g/mol. The molecule has 0 atom stereocenters. The zero-order valence-electron chi connectivity index (χ0n) is 10.1. The molecule has 2 N–H and O–H groups in total. The van der Waals surface area contributed by atoms with Crippen molar-refractivity contribution in [3.8, 4) is 0 Å².